The molecular formula is C46H32N6. The molecule has 0 bridgehead atoms. The SMILES string of the molecule is c1ccc(-c2c3ccc(N(c4ccccn4)c4ccccn4)cc3c(-c3ccccc3)c3cc(N(c4ccccn4)c4ccccn4)ccc23)cc1. The van der Waals surface area contributed by atoms with Crippen LogP contribution in [0.3, 0.4) is 0 Å². The molecule has 0 aliphatic heterocycles. The molecule has 0 unspecified atom stereocenters. The minimum absolute atomic E-state index is 0.787. The second-order valence-corrected chi connectivity index (χ2v) is 12.4. The molecule has 4 aromatic heterocycles. The van der Waals surface area contributed by atoms with Crippen molar-refractivity contribution < 1.29 is 0 Å². The van der Waals surface area contributed by atoms with Crippen LogP contribution < -0.4 is 9.80 Å². The van der Waals surface area contributed by atoms with E-state index in [1.807, 2.05) is 97.6 Å². The lowest BCUT2D eigenvalue weighted by atomic mass is 9.85. The Hall–Kier alpha value is -7.18. The van der Waals surface area contributed by atoms with Gasteiger partial charge in [0.1, 0.15) is 23.3 Å². The Kier molecular flexibility index (Phi) is 8.08. The third kappa shape index (κ3) is 5.68. The highest BCUT2D eigenvalue weighted by molar-refractivity contribution is 6.22. The summed E-state index contributed by atoms with van der Waals surface area (Å²) in [6.45, 7) is 0. The second kappa shape index (κ2) is 13.6. The van der Waals surface area contributed by atoms with Gasteiger partial charge in [0.15, 0.2) is 0 Å². The largest absolute Gasteiger partial charge is 0.279 e. The number of hydrogen-bond donors (Lipinski definition) is 0. The van der Waals surface area contributed by atoms with Crippen molar-refractivity contribution >= 4 is 56.2 Å². The lowest BCUT2D eigenvalue weighted by Crippen LogP contribution is -2.13. The number of aromatic nitrogens is 4. The summed E-state index contributed by atoms with van der Waals surface area (Å²) in [4.78, 5) is 23.3. The van der Waals surface area contributed by atoms with Gasteiger partial charge in [0.2, 0.25) is 0 Å². The van der Waals surface area contributed by atoms with E-state index in [0.717, 1.165) is 72.9 Å². The maximum Gasteiger partial charge on any atom is 0.138 e. The van der Waals surface area contributed by atoms with Gasteiger partial charge in [0.05, 0.1) is 0 Å². The molecule has 4 heterocycles. The molecule has 0 aliphatic rings. The van der Waals surface area contributed by atoms with Crippen molar-refractivity contribution in [3.8, 4) is 22.3 Å². The quantitative estimate of drug-likeness (QED) is 0.150. The van der Waals surface area contributed by atoms with Gasteiger partial charge in [0, 0.05) is 36.2 Å². The molecule has 0 saturated carbocycles. The van der Waals surface area contributed by atoms with Crippen molar-refractivity contribution in [2.24, 2.45) is 0 Å². The fourth-order valence-electron chi connectivity index (χ4n) is 7.02. The molecule has 9 aromatic rings. The molecule has 0 radical (unpaired) electrons. The molecule has 0 saturated heterocycles. The Morgan fingerprint density at radius 2 is 0.615 bits per heavy atom. The lowest BCUT2D eigenvalue weighted by Gasteiger charge is -2.26. The second-order valence-electron chi connectivity index (χ2n) is 12.4. The zero-order valence-electron chi connectivity index (χ0n) is 28.2. The fraction of sp³-hybridized carbons (Fsp3) is 0. The van der Waals surface area contributed by atoms with Gasteiger partial charge < -0.3 is 0 Å². The summed E-state index contributed by atoms with van der Waals surface area (Å²) >= 11 is 0. The van der Waals surface area contributed by atoms with Gasteiger partial charge in [-0.25, -0.2) is 19.9 Å². The summed E-state index contributed by atoms with van der Waals surface area (Å²) < 4.78 is 0. The third-order valence-corrected chi connectivity index (χ3v) is 9.24. The number of rotatable bonds is 8. The lowest BCUT2D eigenvalue weighted by molar-refractivity contribution is 1.13. The minimum Gasteiger partial charge on any atom is -0.279 e. The average Bonchev–Trinajstić information content (AvgIpc) is 3.22. The van der Waals surface area contributed by atoms with Crippen LogP contribution >= 0.6 is 0 Å². The molecule has 0 N–H and O–H groups in total. The Morgan fingerprint density at radius 3 is 0.942 bits per heavy atom. The standard InChI is InChI=1S/C46H32N6/c1-3-15-33(16-4-1)45-37-25-23-35(51(41-19-7-11-27-47-41)42-20-8-12-28-48-42)31-39(37)46(34-17-5-2-6-18-34)40-32-36(24-26-38(40)45)52(43-21-9-13-29-49-43)44-22-10-14-30-50-44/h1-32H. The van der Waals surface area contributed by atoms with Crippen molar-refractivity contribution in [2.45, 2.75) is 0 Å². The summed E-state index contributed by atoms with van der Waals surface area (Å²) in [5, 5.41) is 4.54. The van der Waals surface area contributed by atoms with Gasteiger partial charge in [-0.05, 0) is 117 Å². The number of anilines is 6. The van der Waals surface area contributed by atoms with E-state index in [2.05, 4.69) is 107 Å². The molecule has 0 spiro atoms. The van der Waals surface area contributed by atoms with Crippen molar-refractivity contribution in [3.05, 3.63) is 195 Å². The van der Waals surface area contributed by atoms with E-state index in [1.54, 1.807) is 0 Å². The molecule has 52 heavy (non-hydrogen) atoms. The van der Waals surface area contributed by atoms with Crippen LogP contribution in [-0.4, -0.2) is 19.9 Å². The number of fused-ring (bicyclic) bond motifs is 2. The first-order valence-corrected chi connectivity index (χ1v) is 17.2. The molecule has 0 atom stereocenters. The van der Waals surface area contributed by atoms with E-state index in [1.165, 1.54) is 5.56 Å². The van der Waals surface area contributed by atoms with Gasteiger partial charge in [-0.3, -0.25) is 9.80 Å². The first kappa shape index (κ1) is 30.8. The summed E-state index contributed by atoms with van der Waals surface area (Å²) in [5.74, 6) is 3.15. The van der Waals surface area contributed by atoms with E-state index in [0.29, 0.717) is 0 Å². The molecule has 0 amide bonds. The normalized spacial score (nSPS) is 11.1. The van der Waals surface area contributed by atoms with Crippen LogP contribution in [0.1, 0.15) is 0 Å². The van der Waals surface area contributed by atoms with Gasteiger partial charge in [-0.15, -0.1) is 0 Å². The van der Waals surface area contributed by atoms with Crippen LogP contribution in [0.2, 0.25) is 0 Å². The van der Waals surface area contributed by atoms with E-state index in [9.17, 15) is 0 Å². The van der Waals surface area contributed by atoms with Gasteiger partial charge in [-0.2, -0.15) is 0 Å². The van der Waals surface area contributed by atoms with Crippen LogP contribution in [0.25, 0.3) is 43.8 Å². The van der Waals surface area contributed by atoms with Crippen LogP contribution in [0.15, 0.2) is 195 Å². The molecule has 0 fully saturated rings. The summed E-state index contributed by atoms with van der Waals surface area (Å²) in [6, 6.07) is 58.6. The molecule has 246 valence electrons. The van der Waals surface area contributed by atoms with E-state index in [4.69, 9.17) is 19.9 Å². The van der Waals surface area contributed by atoms with Crippen molar-refractivity contribution in [3.63, 3.8) is 0 Å². The minimum atomic E-state index is 0.787. The summed E-state index contributed by atoms with van der Waals surface area (Å²) in [7, 11) is 0. The highest BCUT2D eigenvalue weighted by Crippen LogP contribution is 2.47. The third-order valence-electron chi connectivity index (χ3n) is 9.24. The van der Waals surface area contributed by atoms with Gasteiger partial charge in [-0.1, -0.05) is 97.1 Å². The molecule has 0 aliphatic carbocycles. The zero-order valence-corrected chi connectivity index (χ0v) is 28.2. The molecule has 6 heteroatoms. The van der Waals surface area contributed by atoms with Crippen molar-refractivity contribution in [1.29, 1.82) is 0 Å². The van der Waals surface area contributed by atoms with Crippen LogP contribution in [-0.2, 0) is 0 Å². The number of nitrogens with zero attached hydrogens (tertiary/aromatic N) is 6. The van der Waals surface area contributed by atoms with Crippen molar-refractivity contribution in [2.75, 3.05) is 9.80 Å². The van der Waals surface area contributed by atoms with E-state index < -0.39 is 0 Å². The van der Waals surface area contributed by atoms with Gasteiger partial charge in [0.25, 0.3) is 0 Å². The maximum atomic E-state index is 4.76. The smallest absolute Gasteiger partial charge is 0.138 e. The fourth-order valence-corrected chi connectivity index (χ4v) is 7.02. The molecule has 9 rings (SSSR count). The molecular weight excluding hydrogens is 637 g/mol. The molecule has 5 aromatic carbocycles. The van der Waals surface area contributed by atoms with Crippen LogP contribution in [0, 0.1) is 0 Å². The predicted molar refractivity (Wildman–Crippen MR) is 213 cm³/mol. The number of hydrogen-bond acceptors (Lipinski definition) is 6. The molecule has 6 nitrogen and oxygen atoms in total. The Balaban J connectivity index is 1.39. The summed E-state index contributed by atoms with van der Waals surface area (Å²) in [5.41, 5.74) is 6.50. The Bertz CT molecular complexity index is 2380. The predicted octanol–water partition coefficient (Wildman–Crippen LogP) is 11.8. The topological polar surface area (TPSA) is 58.0 Å². The number of benzene rings is 5. The zero-order chi connectivity index (χ0) is 34.7. The van der Waals surface area contributed by atoms with E-state index in [-0.39, 0.29) is 0 Å². The van der Waals surface area contributed by atoms with Crippen LogP contribution in [0.5, 0.6) is 0 Å². The first-order chi connectivity index (χ1) is 25.8. The maximum absolute atomic E-state index is 4.76. The first-order valence-electron chi connectivity index (χ1n) is 17.2. The van der Waals surface area contributed by atoms with E-state index >= 15 is 0 Å². The van der Waals surface area contributed by atoms with Crippen molar-refractivity contribution in [1.82, 2.24) is 19.9 Å². The Labute approximate surface area is 302 Å². The monoisotopic (exact) mass is 668 g/mol. The van der Waals surface area contributed by atoms with Crippen LogP contribution in [0.4, 0.5) is 34.6 Å². The number of pyridine rings is 4. The highest BCUT2D eigenvalue weighted by Gasteiger charge is 2.22. The highest BCUT2D eigenvalue weighted by atomic mass is 15.2. The summed E-state index contributed by atoms with van der Waals surface area (Å²) in [6.07, 6.45) is 7.27. The Morgan fingerprint density at radius 1 is 0.288 bits per heavy atom. The average molecular weight is 669 g/mol. The van der Waals surface area contributed by atoms with Gasteiger partial charge >= 0.3 is 0 Å².